The van der Waals surface area contributed by atoms with Crippen LogP contribution in [0.1, 0.15) is 27.5 Å². The number of hydrogen-bond acceptors (Lipinski definition) is 2. The number of halogens is 2. The third kappa shape index (κ3) is 3.35. The van der Waals surface area contributed by atoms with Gasteiger partial charge in [0.05, 0.1) is 0 Å². The van der Waals surface area contributed by atoms with Crippen LogP contribution in [0.25, 0.3) is 10.9 Å². The molecule has 0 saturated heterocycles. The quantitative estimate of drug-likeness (QED) is 0.476. The lowest BCUT2D eigenvalue weighted by Crippen LogP contribution is -2.45. The second-order valence-electron chi connectivity index (χ2n) is 7.37. The zero-order chi connectivity index (χ0) is 21.5. The van der Waals surface area contributed by atoms with Crippen LogP contribution in [0.3, 0.4) is 0 Å². The molecule has 1 aromatic heterocycles. The number of carbonyl (C=O) groups excluding carboxylic acids is 2. The Kier molecular flexibility index (Phi) is 4.71. The maximum atomic E-state index is 13.5. The summed E-state index contributed by atoms with van der Waals surface area (Å²) in [5.74, 6) is -0.932. The van der Waals surface area contributed by atoms with E-state index in [0.717, 1.165) is 22.0 Å². The number of H-pyrrole nitrogens is 1. The van der Waals surface area contributed by atoms with Gasteiger partial charge >= 0.3 is 0 Å². The van der Waals surface area contributed by atoms with Crippen molar-refractivity contribution in [2.24, 2.45) is 0 Å². The van der Waals surface area contributed by atoms with Crippen molar-refractivity contribution in [2.75, 3.05) is 4.90 Å². The van der Waals surface area contributed by atoms with Crippen LogP contribution in [0.15, 0.2) is 72.9 Å². The normalized spacial score (nSPS) is 15.4. The molecule has 3 aromatic carbocycles. The van der Waals surface area contributed by atoms with Crippen LogP contribution in [0.2, 0.25) is 5.02 Å². The molecule has 2 N–H and O–H groups in total. The van der Waals surface area contributed by atoms with Gasteiger partial charge in [-0.2, -0.15) is 0 Å². The van der Waals surface area contributed by atoms with Crippen molar-refractivity contribution in [3.63, 3.8) is 0 Å². The Bertz CT molecular complexity index is 1300. The van der Waals surface area contributed by atoms with E-state index >= 15 is 0 Å². The maximum Gasteiger partial charge on any atom is 0.259 e. The van der Waals surface area contributed by atoms with Crippen LogP contribution in [0.5, 0.6) is 0 Å². The minimum atomic E-state index is -0.863. The third-order valence-electron chi connectivity index (χ3n) is 5.47. The number of carbonyl (C=O) groups is 2. The predicted octanol–water partition coefficient (Wildman–Crippen LogP) is 4.98. The molecule has 4 aromatic rings. The van der Waals surface area contributed by atoms with Crippen molar-refractivity contribution >= 4 is 40.0 Å². The molecule has 0 spiro atoms. The third-order valence-corrected chi connectivity index (χ3v) is 5.72. The molecule has 7 heteroatoms. The first-order valence-corrected chi connectivity index (χ1v) is 10.1. The van der Waals surface area contributed by atoms with E-state index in [2.05, 4.69) is 10.3 Å². The van der Waals surface area contributed by atoms with Gasteiger partial charge in [0.2, 0.25) is 5.91 Å². The lowest BCUT2D eigenvalue weighted by Gasteiger charge is -2.34. The number of benzene rings is 3. The Morgan fingerprint density at radius 3 is 2.55 bits per heavy atom. The molecule has 1 aliphatic heterocycles. The van der Waals surface area contributed by atoms with Gasteiger partial charge in [-0.05, 0) is 54.1 Å². The Morgan fingerprint density at radius 2 is 1.81 bits per heavy atom. The number of amides is 2. The highest BCUT2D eigenvalue weighted by atomic mass is 35.5. The average Bonchev–Trinajstić information content (AvgIpc) is 3.21. The summed E-state index contributed by atoms with van der Waals surface area (Å²) < 4.78 is 13.2. The number of rotatable bonds is 4. The number of aromatic amines is 1. The summed E-state index contributed by atoms with van der Waals surface area (Å²) in [6, 6.07) is 17.3. The average molecular weight is 434 g/mol. The predicted molar refractivity (Wildman–Crippen MR) is 118 cm³/mol. The Labute approximate surface area is 182 Å². The highest BCUT2D eigenvalue weighted by Gasteiger charge is 2.40. The monoisotopic (exact) mass is 433 g/mol. The molecular formula is C24H17ClFN3O2. The van der Waals surface area contributed by atoms with Crippen molar-refractivity contribution in [3.05, 3.63) is 100 Å². The van der Waals surface area contributed by atoms with Crippen LogP contribution in [-0.4, -0.2) is 16.8 Å². The molecule has 1 unspecified atom stereocenters. The smallest absolute Gasteiger partial charge is 0.259 e. The summed E-state index contributed by atoms with van der Waals surface area (Å²) in [4.78, 5) is 31.5. The number of anilines is 1. The van der Waals surface area contributed by atoms with Crippen LogP contribution < -0.4 is 10.2 Å². The largest absolute Gasteiger partial charge is 0.361 e. The van der Waals surface area contributed by atoms with E-state index in [9.17, 15) is 14.0 Å². The molecule has 154 valence electrons. The number of aromatic nitrogens is 1. The van der Waals surface area contributed by atoms with Crippen molar-refractivity contribution in [2.45, 2.75) is 12.6 Å². The Hall–Kier alpha value is -3.64. The minimum absolute atomic E-state index is 0.216. The van der Waals surface area contributed by atoms with E-state index in [1.807, 2.05) is 12.1 Å². The molecule has 0 fully saturated rings. The van der Waals surface area contributed by atoms with E-state index in [-0.39, 0.29) is 24.2 Å². The van der Waals surface area contributed by atoms with Crippen molar-refractivity contribution in [1.82, 2.24) is 10.3 Å². The molecule has 0 aliphatic carbocycles. The van der Waals surface area contributed by atoms with Gasteiger partial charge in [-0.1, -0.05) is 29.8 Å². The van der Waals surface area contributed by atoms with Crippen LogP contribution in [-0.2, 0) is 11.3 Å². The van der Waals surface area contributed by atoms with Crippen LogP contribution in [0.4, 0.5) is 10.1 Å². The lowest BCUT2D eigenvalue weighted by atomic mass is 9.93. The molecule has 0 saturated carbocycles. The molecule has 0 radical (unpaired) electrons. The van der Waals surface area contributed by atoms with Gasteiger partial charge < -0.3 is 10.3 Å². The van der Waals surface area contributed by atoms with Gasteiger partial charge in [-0.25, -0.2) is 4.39 Å². The maximum absolute atomic E-state index is 13.5. The molecule has 2 amide bonds. The Morgan fingerprint density at radius 1 is 1.06 bits per heavy atom. The fourth-order valence-electron chi connectivity index (χ4n) is 4.01. The molecule has 1 atom stereocenters. The molecule has 0 bridgehead atoms. The SMILES string of the molecule is O=C(NCc1ccc(F)cc1)C1c2c[nH]c3cccc(c23)C(=O)N1c1ccc(Cl)cc1. The van der Waals surface area contributed by atoms with E-state index in [1.54, 1.807) is 48.7 Å². The molecule has 31 heavy (non-hydrogen) atoms. The van der Waals surface area contributed by atoms with Gasteiger partial charge in [-0.3, -0.25) is 14.5 Å². The first kappa shape index (κ1) is 19.3. The zero-order valence-electron chi connectivity index (χ0n) is 16.2. The van der Waals surface area contributed by atoms with Gasteiger partial charge in [0.25, 0.3) is 5.91 Å². The number of hydrogen-bond donors (Lipinski definition) is 2. The van der Waals surface area contributed by atoms with E-state index in [1.165, 1.54) is 17.0 Å². The molecule has 1 aliphatic rings. The van der Waals surface area contributed by atoms with Gasteiger partial charge in [0.1, 0.15) is 11.9 Å². The highest BCUT2D eigenvalue weighted by Crippen LogP contribution is 2.40. The second kappa shape index (κ2) is 7.56. The lowest BCUT2D eigenvalue weighted by molar-refractivity contribution is -0.122. The van der Waals surface area contributed by atoms with Gasteiger partial charge in [0, 0.05) is 45.5 Å². The van der Waals surface area contributed by atoms with E-state index in [4.69, 9.17) is 11.6 Å². The second-order valence-corrected chi connectivity index (χ2v) is 7.81. The van der Waals surface area contributed by atoms with Gasteiger partial charge in [-0.15, -0.1) is 0 Å². The highest BCUT2D eigenvalue weighted by molar-refractivity contribution is 6.30. The van der Waals surface area contributed by atoms with Crippen LogP contribution in [0, 0.1) is 5.82 Å². The van der Waals surface area contributed by atoms with Crippen molar-refractivity contribution in [1.29, 1.82) is 0 Å². The van der Waals surface area contributed by atoms with Gasteiger partial charge in [0.15, 0.2) is 0 Å². The van der Waals surface area contributed by atoms with Crippen molar-refractivity contribution < 1.29 is 14.0 Å². The topological polar surface area (TPSA) is 65.2 Å². The zero-order valence-corrected chi connectivity index (χ0v) is 17.0. The summed E-state index contributed by atoms with van der Waals surface area (Å²) in [5, 5.41) is 4.17. The minimum Gasteiger partial charge on any atom is -0.361 e. The summed E-state index contributed by atoms with van der Waals surface area (Å²) in [5.41, 5.74) is 3.38. The first-order valence-electron chi connectivity index (χ1n) is 9.74. The molecule has 2 heterocycles. The van der Waals surface area contributed by atoms with Crippen molar-refractivity contribution in [3.8, 4) is 0 Å². The number of nitrogens with one attached hydrogen (secondary N) is 2. The van der Waals surface area contributed by atoms with E-state index < -0.39 is 6.04 Å². The molecule has 5 nitrogen and oxygen atoms in total. The van der Waals surface area contributed by atoms with Crippen LogP contribution >= 0.6 is 11.6 Å². The fourth-order valence-corrected chi connectivity index (χ4v) is 4.13. The standard InChI is InChI=1S/C24H17ClFN3O2/c25-15-6-10-17(11-7-15)29-22(23(30)28-12-14-4-8-16(26)9-5-14)19-13-27-20-3-1-2-18(21(19)20)24(29)31/h1-11,13,22,27H,12H2,(H,28,30). The molecule has 5 rings (SSSR count). The number of nitrogens with zero attached hydrogens (tertiary/aromatic N) is 1. The van der Waals surface area contributed by atoms with E-state index in [0.29, 0.717) is 16.3 Å². The fraction of sp³-hybridized carbons (Fsp3) is 0.0833. The summed E-state index contributed by atoms with van der Waals surface area (Å²) >= 11 is 6.03. The summed E-state index contributed by atoms with van der Waals surface area (Å²) in [7, 11) is 0. The Balaban J connectivity index is 1.56. The summed E-state index contributed by atoms with van der Waals surface area (Å²) in [6.45, 7) is 0.216. The first-order chi connectivity index (χ1) is 15.0. The summed E-state index contributed by atoms with van der Waals surface area (Å²) in [6.07, 6.45) is 1.77. The molecular weight excluding hydrogens is 417 g/mol.